The van der Waals surface area contributed by atoms with Crippen molar-refractivity contribution in [3.63, 3.8) is 0 Å². The summed E-state index contributed by atoms with van der Waals surface area (Å²) in [6.07, 6.45) is 5.78. The number of aromatic nitrogens is 2. The summed E-state index contributed by atoms with van der Waals surface area (Å²) in [5, 5.41) is 65.3. The molecule has 6 aromatic carbocycles. The molecule has 0 spiro atoms. The maximum absolute atomic E-state index is 10.4. The van der Waals surface area contributed by atoms with E-state index in [4.69, 9.17) is 44.4 Å². The molecule has 0 bridgehead atoms. The SMILES string of the molecule is CC(C)CC(=N)c1ccc(N)cc1.CC(C)CC(=N)c1ccc(N=Nc2c(N)ncc3ccc(Br)cc23)cc1.CC(C)CC(=N)c1ccc([N+](=O)[O-])cc1.CC(C)N.N#Cc1ccc([N+](=O)[O-])cc1.Nc1cc2cc(Br)ccc2cn1.[CH3][Al]([CH3])[CH3]. The molecular weight excluding hydrogens is 1220 g/mol. The van der Waals surface area contributed by atoms with E-state index in [9.17, 15) is 20.2 Å². The first-order valence-electron chi connectivity index (χ1n) is 27.4. The van der Waals surface area contributed by atoms with E-state index in [1.165, 1.54) is 36.4 Å². The fourth-order valence-corrected chi connectivity index (χ4v) is 7.70. The van der Waals surface area contributed by atoms with Crippen molar-refractivity contribution in [1.29, 1.82) is 21.5 Å². The number of anilines is 3. The van der Waals surface area contributed by atoms with Gasteiger partial charge in [-0.1, -0.05) is 124 Å². The number of non-ortho nitro benzene ring substituents is 2. The number of hydrogen-bond acceptors (Lipinski definition) is 16. The van der Waals surface area contributed by atoms with Crippen molar-refractivity contribution >= 4 is 125 Å². The normalized spacial score (nSPS) is 10.3. The van der Waals surface area contributed by atoms with Crippen LogP contribution in [0, 0.1) is 65.5 Å². The average Bonchev–Trinajstić information content (AvgIpc) is 3.45. The number of nitro groups is 2. The zero-order valence-corrected chi connectivity index (χ0v) is 54.6. The van der Waals surface area contributed by atoms with E-state index in [1.54, 1.807) is 24.5 Å². The van der Waals surface area contributed by atoms with Gasteiger partial charge in [-0.15, -0.1) is 22.5 Å². The minimum atomic E-state index is -0.499. The molecule has 0 unspecified atom stereocenters. The summed E-state index contributed by atoms with van der Waals surface area (Å²) in [5.74, 6) is 9.23. The Morgan fingerprint density at radius 2 is 0.965 bits per heavy atom. The Kier molecular flexibility index (Phi) is 32.6. The smallest absolute Gasteiger partial charge is 0.269 e. The zero-order chi connectivity index (χ0) is 63.9. The van der Waals surface area contributed by atoms with E-state index in [0.717, 1.165) is 65.7 Å². The lowest BCUT2D eigenvalue weighted by molar-refractivity contribution is -0.385. The van der Waals surface area contributed by atoms with Gasteiger partial charge in [-0.3, -0.25) is 20.2 Å². The summed E-state index contributed by atoms with van der Waals surface area (Å²) >= 11 is 6.73. The first kappa shape index (κ1) is 73.0. The number of halogens is 2. The largest absolute Gasteiger partial charge is 0.399 e. The predicted molar refractivity (Wildman–Crippen MR) is 362 cm³/mol. The zero-order valence-electron chi connectivity index (χ0n) is 50.3. The number of nitrogens with one attached hydrogen (secondary N) is 3. The second-order valence-electron chi connectivity index (χ2n) is 21.6. The molecule has 0 aliphatic carbocycles. The summed E-state index contributed by atoms with van der Waals surface area (Å²) < 4.78 is 2.00. The highest BCUT2D eigenvalue weighted by Crippen LogP contribution is 2.34. The number of benzene rings is 6. The molecule has 0 saturated carbocycles. The first-order valence-corrected chi connectivity index (χ1v) is 32.4. The molecule has 0 fully saturated rings. The van der Waals surface area contributed by atoms with Gasteiger partial charge in [0.15, 0.2) is 5.82 Å². The average molecular weight is 1300 g/mol. The molecule has 0 radical (unpaired) electrons. The number of nitrogens with zero attached hydrogens (tertiary/aromatic N) is 7. The molecule has 8 rings (SSSR count). The highest BCUT2D eigenvalue weighted by Gasteiger charge is 2.11. The van der Waals surface area contributed by atoms with Crippen molar-refractivity contribution in [1.82, 2.24) is 9.97 Å². The Morgan fingerprint density at radius 1 is 0.576 bits per heavy atom. The van der Waals surface area contributed by atoms with Gasteiger partial charge in [-0.05, 0) is 144 Å². The van der Waals surface area contributed by atoms with Crippen molar-refractivity contribution in [2.24, 2.45) is 33.7 Å². The molecule has 446 valence electrons. The molecule has 21 heteroatoms. The van der Waals surface area contributed by atoms with Crippen LogP contribution in [0.15, 0.2) is 171 Å². The van der Waals surface area contributed by atoms with Gasteiger partial charge in [-0.2, -0.15) is 10.4 Å². The number of rotatable bonds is 13. The third-order valence-corrected chi connectivity index (χ3v) is 11.8. The first-order chi connectivity index (χ1) is 40.0. The van der Waals surface area contributed by atoms with Crippen LogP contribution >= 0.6 is 31.9 Å². The van der Waals surface area contributed by atoms with Crippen LogP contribution in [-0.4, -0.2) is 57.1 Å². The van der Waals surface area contributed by atoms with Crippen molar-refractivity contribution in [2.75, 3.05) is 17.2 Å². The van der Waals surface area contributed by atoms with E-state index < -0.39 is 9.85 Å². The van der Waals surface area contributed by atoms with Crippen LogP contribution < -0.4 is 22.9 Å². The number of nitrogens with two attached hydrogens (primary N) is 4. The summed E-state index contributed by atoms with van der Waals surface area (Å²) in [7, 11) is 0. The van der Waals surface area contributed by atoms with E-state index in [-0.39, 0.29) is 25.5 Å². The number of hydrogen-bond donors (Lipinski definition) is 7. The Morgan fingerprint density at radius 3 is 1.39 bits per heavy atom. The number of azo groups is 1. The summed E-state index contributed by atoms with van der Waals surface area (Å²) in [6.45, 7) is 16.4. The molecule has 2 heterocycles. The van der Waals surface area contributed by atoms with Crippen LogP contribution in [0.1, 0.15) is 96.9 Å². The van der Waals surface area contributed by atoms with E-state index in [2.05, 4.69) is 97.1 Å². The Balaban J connectivity index is 0.000000364. The minimum absolute atomic E-state index is 0.00370. The highest BCUT2D eigenvalue weighted by molar-refractivity contribution is 9.10. The fraction of sp³-hybridized carbons (Fsp3) is 0.281. The third kappa shape index (κ3) is 29.3. The van der Waals surface area contributed by atoms with Gasteiger partial charge in [0.25, 0.3) is 25.5 Å². The molecule has 0 amide bonds. The summed E-state index contributed by atoms with van der Waals surface area (Å²) in [6, 6.07) is 42.5. The van der Waals surface area contributed by atoms with Gasteiger partial charge < -0.3 is 39.2 Å². The van der Waals surface area contributed by atoms with Crippen molar-refractivity contribution in [3.05, 3.63) is 203 Å². The van der Waals surface area contributed by atoms with E-state index in [1.807, 2.05) is 125 Å². The fourth-order valence-electron chi connectivity index (χ4n) is 6.96. The van der Waals surface area contributed by atoms with Gasteiger partial charge in [0.2, 0.25) is 0 Å². The number of nitriles is 1. The lowest BCUT2D eigenvalue weighted by Gasteiger charge is -2.07. The monoisotopic (exact) mass is 1290 g/mol. The number of fused-ring (bicyclic) bond motifs is 2. The lowest BCUT2D eigenvalue weighted by Crippen LogP contribution is -2.06. The van der Waals surface area contributed by atoms with Crippen LogP contribution in [0.2, 0.25) is 17.4 Å². The topological polar surface area (TPSA) is 336 Å². The van der Waals surface area contributed by atoms with Crippen LogP contribution in [0.4, 0.5) is 40.1 Å². The predicted octanol–water partition coefficient (Wildman–Crippen LogP) is 17.9. The van der Waals surface area contributed by atoms with Crippen molar-refractivity contribution < 1.29 is 9.85 Å². The van der Waals surface area contributed by atoms with Crippen molar-refractivity contribution in [3.8, 4) is 6.07 Å². The van der Waals surface area contributed by atoms with Gasteiger partial charge in [0.05, 0.1) is 27.2 Å². The van der Waals surface area contributed by atoms with Crippen molar-refractivity contribution in [2.45, 2.75) is 98.1 Å². The molecule has 85 heavy (non-hydrogen) atoms. The molecular formula is C64H79AlBr2N14O4. The third-order valence-electron chi connectivity index (χ3n) is 10.8. The summed E-state index contributed by atoms with van der Waals surface area (Å²) in [4.78, 5) is 27.8. The standard InChI is InChI=1S/C20H20BrN5.C11H14N2O2.C11H16N2.C9H7BrN2.C7H4N2O2.C3H9N.3CH3.Al/c1-12(2)9-18(22)13-4-7-16(8-5-13)25-26-19-17-10-15(21)6-3-14(17)11-24-20(19)23;1-8(2)7-11(12)9-3-5-10(6-4-9)13(14)15;1-8(2)7-11(13)9-3-5-10(12)6-4-9;10-8-2-1-6-5-12-9(11)4-7(6)3-8;8-5-6-1-3-7(4-2-6)9(10)11;1-3(2)4;;;;/h3-8,10-12,22H,9H2,1-2H3,(H2,23,24);3-6,8,12H,7H2,1-2H3;3-6,8,13H,7,12H2,1-2H3;1-5H,(H2,11,12);1-4H;3H,4H2,1-2H3;3*1H3;. The molecule has 8 aromatic rings. The second-order valence-corrected chi connectivity index (χ2v) is 26.9. The molecule has 0 saturated heterocycles. The van der Waals surface area contributed by atoms with E-state index >= 15 is 0 Å². The minimum Gasteiger partial charge on any atom is -0.399 e. The van der Waals surface area contributed by atoms with Gasteiger partial charge >= 0.3 is 0 Å². The quantitative estimate of drug-likeness (QED) is 0.0142. The molecule has 2 aromatic heterocycles. The number of nitro benzene ring substituents is 2. The van der Waals surface area contributed by atoms with Crippen LogP contribution in [0.5, 0.6) is 0 Å². The molecule has 0 aliphatic heterocycles. The summed E-state index contributed by atoms with van der Waals surface area (Å²) in [5.41, 5.74) is 29.2. The van der Waals surface area contributed by atoms with Gasteiger partial charge in [0, 0.05) is 84.6 Å². The Hall–Kier alpha value is -8.11. The van der Waals surface area contributed by atoms with Gasteiger partial charge in [-0.25, -0.2) is 9.97 Å². The number of nitrogen functional groups attached to an aromatic ring is 3. The molecule has 0 atom stereocenters. The Labute approximate surface area is 521 Å². The van der Waals surface area contributed by atoms with Crippen LogP contribution in [0.25, 0.3) is 21.5 Å². The molecule has 11 N–H and O–H groups in total. The maximum Gasteiger partial charge on any atom is 0.269 e. The lowest BCUT2D eigenvalue weighted by atomic mass is 10.0. The Bertz CT molecular complexity index is 3450. The highest BCUT2D eigenvalue weighted by atomic mass is 79.9. The second kappa shape index (κ2) is 38.0. The molecule has 18 nitrogen and oxygen atoms in total. The van der Waals surface area contributed by atoms with Crippen LogP contribution in [-0.2, 0) is 0 Å². The van der Waals surface area contributed by atoms with E-state index in [0.29, 0.717) is 75.9 Å². The van der Waals surface area contributed by atoms with Gasteiger partial charge in [0.1, 0.15) is 11.5 Å². The maximum atomic E-state index is 10.4. The molecule has 0 aliphatic rings. The van der Waals surface area contributed by atoms with Crippen LogP contribution in [0.3, 0.4) is 0 Å². The number of pyridine rings is 2.